The van der Waals surface area contributed by atoms with E-state index in [1.54, 1.807) is 0 Å². The Morgan fingerprint density at radius 1 is 0.885 bits per heavy atom. The first kappa shape index (κ1) is 23.8. The molecule has 0 spiro atoms. The molecule has 2 heteroatoms. The Labute approximate surface area is 167 Å². The number of benzene rings is 1. The molecule has 0 saturated heterocycles. The third-order valence-corrected chi connectivity index (χ3v) is 19.8. The summed E-state index contributed by atoms with van der Waals surface area (Å²) in [5.41, 5.74) is 1.33. The first-order chi connectivity index (χ1) is 12.7. The zero-order valence-electron chi connectivity index (χ0n) is 17.6. The van der Waals surface area contributed by atoms with Gasteiger partial charge in [-0.15, -0.1) is 0 Å². The molecule has 148 valence electrons. The number of unbranched alkanes of at least 4 members (excludes halogenated alkanes) is 3. The van der Waals surface area contributed by atoms with Crippen molar-refractivity contribution in [1.82, 2.24) is 0 Å². The molecule has 0 amide bonds. The van der Waals surface area contributed by atoms with Crippen molar-refractivity contribution in [3.05, 3.63) is 46.1 Å². The Morgan fingerprint density at radius 2 is 1.42 bits per heavy atom. The summed E-state index contributed by atoms with van der Waals surface area (Å²) in [7, 11) is 0. The summed E-state index contributed by atoms with van der Waals surface area (Å²) >= 11 is -2.16. The molecule has 0 aromatic heterocycles. The Kier molecular flexibility index (Phi) is 13.5. The minimum atomic E-state index is -2.16. The molecule has 0 aliphatic rings. The molecule has 1 aromatic rings. The van der Waals surface area contributed by atoms with Crippen LogP contribution in [0.2, 0.25) is 13.3 Å². The number of aryl methyl sites for hydroxylation is 1. The maximum atomic E-state index is 10.4. The molecule has 1 aromatic carbocycles. The van der Waals surface area contributed by atoms with E-state index in [1.165, 1.54) is 57.4 Å². The summed E-state index contributed by atoms with van der Waals surface area (Å²) < 4.78 is 7.24. The van der Waals surface area contributed by atoms with Gasteiger partial charge in [0.15, 0.2) is 0 Å². The van der Waals surface area contributed by atoms with E-state index in [0.29, 0.717) is 0 Å². The molecular formula is C24H42OSn. The van der Waals surface area contributed by atoms with E-state index in [-0.39, 0.29) is 6.10 Å². The molecule has 0 bridgehead atoms. The van der Waals surface area contributed by atoms with Gasteiger partial charge in [0, 0.05) is 0 Å². The molecule has 0 unspecified atom stereocenters. The van der Waals surface area contributed by atoms with E-state index in [0.717, 1.165) is 19.3 Å². The summed E-state index contributed by atoms with van der Waals surface area (Å²) in [6.45, 7) is 6.98. The molecule has 0 aliphatic carbocycles. The van der Waals surface area contributed by atoms with Gasteiger partial charge in [-0.3, -0.25) is 0 Å². The zero-order chi connectivity index (χ0) is 19.1. The van der Waals surface area contributed by atoms with Crippen molar-refractivity contribution < 1.29 is 5.11 Å². The van der Waals surface area contributed by atoms with Crippen LogP contribution in [-0.2, 0) is 6.42 Å². The van der Waals surface area contributed by atoms with E-state index >= 15 is 0 Å². The van der Waals surface area contributed by atoms with Crippen LogP contribution in [0.3, 0.4) is 0 Å². The van der Waals surface area contributed by atoms with Gasteiger partial charge in [0.1, 0.15) is 0 Å². The molecule has 0 saturated carbocycles. The quantitative estimate of drug-likeness (QED) is 0.269. The fraction of sp³-hybridized carbons (Fsp3) is 0.667. The van der Waals surface area contributed by atoms with Crippen LogP contribution in [0.15, 0.2) is 40.5 Å². The molecule has 1 rings (SSSR count). The van der Waals surface area contributed by atoms with E-state index in [1.807, 2.05) is 0 Å². The van der Waals surface area contributed by atoms with Crippen LogP contribution in [0.1, 0.15) is 77.7 Å². The summed E-state index contributed by atoms with van der Waals surface area (Å²) in [5.74, 6) is 0. The first-order valence-electron chi connectivity index (χ1n) is 11.1. The predicted octanol–water partition coefficient (Wildman–Crippen LogP) is 7.31. The monoisotopic (exact) mass is 466 g/mol. The van der Waals surface area contributed by atoms with Crippen molar-refractivity contribution in [3.8, 4) is 0 Å². The van der Waals surface area contributed by atoms with Crippen LogP contribution >= 0.6 is 0 Å². The van der Waals surface area contributed by atoms with Crippen molar-refractivity contribution in [1.29, 1.82) is 0 Å². The molecule has 0 radical (unpaired) electrons. The van der Waals surface area contributed by atoms with Crippen molar-refractivity contribution in [2.45, 2.75) is 98.0 Å². The van der Waals surface area contributed by atoms with Gasteiger partial charge in [0.25, 0.3) is 0 Å². The van der Waals surface area contributed by atoms with Gasteiger partial charge in [-0.25, -0.2) is 0 Å². The van der Waals surface area contributed by atoms with Crippen LogP contribution in [0.5, 0.6) is 0 Å². The second-order valence-electron chi connectivity index (χ2n) is 7.99. The third-order valence-electron chi connectivity index (χ3n) is 5.57. The Balaban J connectivity index is 2.58. The van der Waals surface area contributed by atoms with Gasteiger partial charge in [0.2, 0.25) is 0 Å². The fourth-order valence-corrected chi connectivity index (χ4v) is 18.2. The van der Waals surface area contributed by atoms with Crippen LogP contribution in [0.4, 0.5) is 0 Å². The van der Waals surface area contributed by atoms with E-state index in [2.05, 4.69) is 61.3 Å². The standard InChI is InChI=1S/C12H15O.3C4H9.Sn/c1-2-6-12(13)10-9-11-7-4-3-5-8-11;3*1-3-4-2;/h1-5,7-8,12-13H,6,9-10H2;3*1,3-4H2,2H3;/t12-;;;;/m1..../s1. The number of hydrogen-bond acceptors (Lipinski definition) is 1. The van der Waals surface area contributed by atoms with Crippen molar-refractivity contribution >= 4 is 18.4 Å². The normalized spacial score (nSPS) is 13.4. The van der Waals surface area contributed by atoms with E-state index in [9.17, 15) is 5.11 Å². The first-order valence-corrected chi connectivity index (χ1v) is 18.8. The van der Waals surface area contributed by atoms with Gasteiger partial charge >= 0.3 is 168 Å². The predicted molar refractivity (Wildman–Crippen MR) is 119 cm³/mol. The zero-order valence-corrected chi connectivity index (χ0v) is 20.4. The Morgan fingerprint density at radius 3 is 1.92 bits per heavy atom. The summed E-state index contributed by atoms with van der Waals surface area (Å²) in [6, 6.07) is 10.5. The molecule has 26 heavy (non-hydrogen) atoms. The van der Waals surface area contributed by atoms with Crippen LogP contribution in [0.25, 0.3) is 0 Å². The number of aliphatic hydroxyl groups excluding tert-OH is 1. The average molecular weight is 465 g/mol. The van der Waals surface area contributed by atoms with Crippen molar-refractivity contribution in [3.63, 3.8) is 0 Å². The Bertz CT molecular complexity index is 447. The third kappa shape index (κ3) is 10.2. The minimum absolute atomic E-state index is 0.195. The second kappa shape index (κ2) is 14.7. The summed E-state index contributed by atoms with van der Waals surface area (Å²) in [5, 5.41) is 10.4. The summed E-state index contributed by atoms with van der Waals surface area (Å²) in [4.78, 5) is 0. The van der Waals surface area contributed by atoms with Gasteiger partial charge in [-0.05, 0) is 0 Å². The average Bonchev–Trinajstić information content (AvgIpc) is 2.68. The number of aliphatic hydroxyl groups is 1. The fourth-order valence-electron chi connectivity index (χ4n) is 3.78. The molecule has 1 N–H and O–H groups in total. The number of hydrogen-bond donors (Lipinski definition) is 1. The van der Waals surface area contributed by atoms with Crippen molar-refractivity contribution in [2.75, 3.05) is 0 Å². The molecule has 0 heterocycles. The van der Waals surface area contributed by atoms with Crippen LogP contribution < -0.4 is 0 Å². The van der Waals surface area contributed by atoms with E-state index < -0.39 is 18.4 Å². The topological polar surface area (TPSA) is 20.2 Å². The second-order valence-corrected chi connectivity index (χ2v) is 21.0. The van der Waals surface area contributed by atoms with Gasteiger partial charge in [0.05, 0.1) is 0 Å². The molecular weight excluding hydrogens is 423 g/mol. The summed E-state index contributed by atoms with van der Waals surface area (Å²) in [6.07, 6.45) is 13.1. The van der Waals surface area contributed by atoms with Gasteiger partial charge in [-0.1, -0.05) is 0 Å². The Hall–Kier alpha value is -0.281. The number of rotatable bonds is 15. The van der Waals surface area contributed by atoms with E-state index in [4.69, 9.17) is 0 Å². The molecule has 1 atom stereocenters. The maximum absolute atomic E-state index is 10.4. The molecule has 0 aliphatic heterocycles. The van der Waals surface area contributed by atoms with Crippen LogP contribution in [0, 0.1) is 0 Å². The van der Waals surface area contributed by atoms with Gasteiger partial charge in [-0.2, -0.15) is 0 Å². The SMILES string of the molecule is CCC[CH2][Sn](/[CH]=C/C[C@@H](O)CCc1ccccc1)([CH2]CCC)[CH2]CCC. The van der Waals surface area contributed by atoms with Crippen molar-refractivity contribution in [2.24, 2.45) is 0 Å². The molecule has 1 nitrogen and oxygen atoms in total. The molecule has 0 fully saturated rings. The van der Waals surface area contributed by atoms with Crippen LogP contribution in [-0.4, -0.2) is 29.6 Å². The van der Waals surface area contributed by atoms with Gasteiger partial charge < -0.3 is 0 Å².